The van der Waals surface area contributed by atoms with Gasteiger partial charge >= 0.3 is 11.9 Å². The van der Waals surface area contributed by atoms with Crippen LogP contribution in [0.15, 0.2) is 59.8 Å². The zero-order chi connectivity index (χ0) is 27.2. The van der Waals surface area contributed by atoms with Gasteiger partial charge in [-0.15, -0.1) is 0 Å². The SMILES string of the molecule is CN(C)c1cccc(SC(=O)O[C@@H](Cc2c(Cl)c[nH+]cc2Cl)c2ccc(OC(F)F)c(OCC3CC3)c2)c1.[OH-]. The van der Waals surface area contributed by atoms with Crippen LogP contribution in [0.3, 0.4) is 0 Å². The number of benzene rings is 2. The number of anilines is 1. The molecule has 0 saturated heterocycles. The fraction of sp³-hybridized carbons (Fsp3) is 0.333. The van der Waals surface area contributed by atoms with Gasteiger partial charge in [-0.05, 0) is 66.4 Å². The molecule has 0 bridgehead atoms. The molecule has 0 aliphatic heterocycles. The number of nitrogens with zero attached hydrogens (tertiary/aromatic N) is 1. The van der Waals surface area contributed by atoms with E-state index in [1.54, 1.807) is 24.5 Å². The number of alkyl halides is 2. The van der Waals surface area contributed by atoms with E-state index in [2.05, 4.69) is 9.72 Å². The first-order valence-electron chi connectivity index (χ1n) is 11.9. The molecule has 1 aliphatic carbocycles. The van der Waals surface area contributed by atoms with Gasteiger partial charge in [-0.25, -0.2) is 9.78 Å². The van der Waals surface area contributed by atoms with Gasteiger partial charge in [0.1, 0.15) is 16.1 Å². The van der Waals surface area contributed by atoms with E-state index >= 15 is 0 Å². The molecule has 4 rings (SSSR count). The van der Waals surface area contributed by atoms with Crippen LogP contribution in [0.5, 0.6) is 11.5 Å². The Morgan fingerprint density at radius 2 is 1.82 bits per heavy atom. The Kier molecular flexibility index (Phi) is 11.1. The predicted molar refractivity (Wildman–Crippen MR) is 146 cm³/mol. The molecule has 1 aromatic heterocycles. The van der Waals surface area contributed by atoms with E-state index in [0.717, 1.165) is 30.3 Å². The molecule has 1 fully saturated rings. The summed E-state index contributed by atoms with van der Waals surface area (Å²) in [6, 6.07) is 12.0. The number of aromatic nitrogens is 1. The number of aromatic amines is 1. The van der Waals surface area contributed by atoms with E-state index in [-0.39, 0.29) is 23.4 Å². The molecule has 2 aromatic carbocycles. The molecular weight excluding hydrogens is 573 g/mol. The number of rotatable bonds is 11. The van der Waals surface area contributed by atoms with Crippen LogP contribution in [0.25, 0.3) is 0 Å². The van der Waals surface area contributed by atoms with Crippen molar-refractivity contribution in [1.29, 1.82) is 0 Å². The Morgan fingerprint density at radius 3 is 2.46 bits per heavy atom. The van der Waals surface area contributed by atoms with Gasteiger partial charge in [0.15, 0.2) is 23.9 Å². The number of hydrogen-bond acceptors (Lipinski definition) is 7. The second-order valence-electron chi connectivity index (χ2n) is 9.02. The second kappa shape index (κ2) is 14.0. The maximum atomic E-state index is 13.1. The summed E-state index contributed by atoms with van der Waals surface area (Å²) in [7, 11) is 3.82. The highest BCUT2D eigenvalue weighted by molar-refractivity contribution is 8.13. The third-order valence-corrected chi connectivity index (χ3v) is 7.31. The molecule has 0 spiro atoms. The first-order chi connectivity index (χ1) is 18.2. The minimum Gasteiger partial charge on any atom is -0.870 e. The summed E-state index contributed by atoms with van der Waals surface area (Å²) < 4.78 is 42.4. The maximum absolute atomic E-state index is 13.1. The summed E-state index contributed by atoms with van der Waals surface area (Å²) in [4.78, 5) is 18.5. The maximum Gasteiger partial charge on any atom is 0.387 e. The highest BCUT2D eigenvalue weighted by atomic mass is 35.5. The van der Waals surface area contributed by atoms with Crippen molar-refractivity contribution in [3.8, 4) is 11.5 Å². The zero-order valence-corrected chi connectivity index (χ0v) is 23.5. The van der Waals surface area contributed by atoms with Gasteiger partial charge in [-0.2, -0.15) is 8.78 Å². The van der Waals surface area contributed by atoms with Crippen LogP contribution in [0, 0.1) is 5.92 Å². The van der Waals surface area contributed by atoms with Crippen LogP contribution in [0.1, 0.15) is 30.1 Å². The van der Waals surface area contributed by atoms with Gasteiger partial charge in [0.2, 0.25) is 0 Å². The molecule has 210 valence electrons. The molecular formula is C27H28Cl2F2N2O5S. The van der Waals surface area contributed by atoms with Gasteiger partial charge in [0.25, 0.3) is 0 Å². The van der Waals surface area contributed by atoms with Crippen molar-refractivity contribution in [3.05, 3.63) is 76.0 Å². The number of carbonyl (C=O) groups is 1. The zero-order valence-electron chi connectivity index (χ0n) is 21.2. The lowest BCUT2D eigenvalue weighted by molar-refractivity contribution is -0.377. The summed E-state index contributed by atoms with van der Waals surface area (Å²) in [6.45, 7) is -2.62. The van der Waals surface area contributed by atoms with E-state index in [0.29, 0.717) is 38.6 Å². The molecule has 0 radical (unpaired) electrons. The number of pyridine rings is 1. The van der Waals surface area contributed by atoms with E-state index < -0.39 is 18.0 Å². The first kappa shape index (κ1) is 30.7. The molecule has 0 unspecified atom stereocenters. The number of nitrogens with one attached hydrogen (secondary N) is 1. The van der Waals surface area contributed by atoms with Crippen molar-refractivity contribution in [2.75, 3.05) is 25.6 Å². The van der Waals surface area contributed by atoms with E-state index in [4.69, 9.17) is 32.7 Å². The third kappa shape index (κ3) is 8.86. The molecule has 0 amide bonds. The smallest absolute Gasteiger partial charge is 0.387 e. The number of hydrogen-bond donors (Lipinski definition) is 0. The van der Waals surface area contributed by atoms with Crippen molar-refractivity contribution in [2.24, 2.45) is 5.92 Å². The molecule has 12 heteroatoms. The largest absolute Gasteiger partial charge is 0.870 e. The van der Waals surface area contributed by atoms with Crippen molar-refractivity contribution in [1.82, 2.24) is 0 Å². The van der Waals surface area contributed by atoms with Crippen LogP contribution in [0.4, 0.5) is 19.3 Å². The number of ether oxygens (including phenoxy) is 3. The second-order valence-corrected chi connectivity index (χ2v) is 10.8. The Bertz CT molecular complexity index is 1260. The Balaban J connectivity index is 0.00000420. The summed E-state index contributed by atoms with van der Waals surface area (Å²) in [5.41, 5.74) is 2.02. The van der Waals surface area contributed by atoms with Gasteiger partial charge in [-0.3, -0.25) is 0 Å². The summed E-state index contributed by atoms with van der Waals surface area (Å²) in [6.07, 6.45) is 4.51. The molecule has 1 heterocycles. The number of H-pyrrole nitrogens is 1. The minimum atomic E-state index is -3.01. The Labute approximate surface area is 239 Å². The normalized spacial score (nSPS) is 13.4. The lowest BCUT2D eigenvalue weighted by Gasteiger charge is -2.21. The summed E-state index contributed by atoms with van der Waals surface area (Å²) >= 11 is 13.7. The topological polar surface area (TPSA) is 92.1 Å². The summed E-state index contributed by atoms with van der Waals surface area (Å²) in [5.74, 6) is 0.453. The average molecular weight is 601 g/mol. The van der Waals surface area contributed by atoms with Crippen LogP contribution < -0.4 is 19.4 Å². The summed E-state index contributed by atoms with van der Waals surface area (Å²) in [5, 5.41) is 0.189. The van der Waals surface area contributed by atoms with E-state index in [9.17, 15) is 13.6 Å². The lowest BCUT2D eigenvalue weighted by atomic mass is 10.0. The Morgan fingerprint density at radius 1 is 1.10 bits per heavy atom. The highest BCUT2D eigenvalue weighted by Crippen LogP contribution is 2.38. The van der Waals surface area contributed by atoms with Gasteiger partial charge < -0.3 is 24.6 Å². The molecule has 3 aromatic rings. The fourth-order valence-electron chi connectivity index (χ4n) is 3.67. The van der Waals surface area contributed by atoms with Crippen molar-refractivity contribution < 1.29 is 38.2 Å². The minimum absolute atomic E-state index is 0. The van der Waals surface area contributed by atoms with Gasteiger partial charge in [0.05, 0.1) is 6.61 Å². The van der Waals surface area contributed by atoms with Crippen molar-refractivity contribution >= 4 is 46.0 Å². The molecule has 39 heavy (non-hydrogen) atoms. The van der Waals surface area contributed by atoms with E-state index in [1.807, 2.05) is 43.3 Å². The number of halogens is 4. The van der Waals surface area contributed by atoms with Crippen LogP contribution in [-0.2, 0) is 11.2 Å². The molecule has 1 atom stereocenters. The van der Waals surface area contributed by atoms with Gasteiger partial charge in [-0.1, -0.05) is 35.3 Å². The lowest BCUT2D eigenvalue weighted by Crippen LogP contribution is -2.14. The highest BCUT2D eigenvalue weighted by Gasteiger charge is 2.26. The molecule has 2 N–H and O–H groups in total. The van der Waals surface area contributed by atoms with E-state index in [1.165, 1.54) is 6.07 Å². The predicted octanol–water partition coefficient (Wildman–Crippen LogP) is 7.30. The number of thioether (sulfide) groups is 1. The fourth-order valence-corrected chi connectivity index (χ4v) is 4.88. The standard InChI is InChI=1S/C27H26Cl2F2N2O4S.H2O/c1-33(2)18-4-3-5-19(11-18)38-27(34)37-24(12-20-21(28)13-32-14-22(20)29)17-8-9-23(36-26(30)31)25(10-17)35-15-16-6-7-16;/h3-5,8-11,13-14,16,24,26H,6-7,12,15H2,1-2H3;1H2/t24-;/m0./s1. The quantitative estimate of drug-likeness (QED) is 0.168. The number of carbonyl (C=O) groups excluding carboxylic acids is 1. The average Bonchev–Trinajstić information content (AvgIpc) is 3.69. The van der Waals surface area contributed by atoms with Crippen LogP contribution >= 0.6 is 35.0 Å². The monoisotopic (exact) mass is 600 g/mol. The Hall–Kier alpha value is -2.79. The van der Waals surface area contributed by atoms with Gasteiger partial charge in [0, 0.05) is 36.7 Å². The van der Waals surface area contributed by atoms with Crippen LogP contribution in [-0.4, -0.2) is 38.1 Å². The molecule has 1 aliphatic rings. The third-order valence-electron chi connectivity index (χ3n) is 5.89. The van der Waals surface area contributed by atoms with Crippen molar-refractivity contribution in [2.45, 2.75) is 36.9 Å². The first-order valence-corrected chi connectivity index (χ1v) is 13.5. The van der Waals surface area contributed by atoms with Crippen LogP contribution in [0.2, 0.25) is 10.0 Å². The molecule has 7 nitrogen and oxygen atoms in total. The molecule has 1 saturated carbocycles. The van der Waals surface area contributed by atoms with Crippen molar-refractivity contribution in [3.63, 3.8) is 0 Å².